The molecular formula is C12H15N9OS. The van der Waals surface area contributed by atoms with E-state index in [1.165, 1.54) is 11.0 Å². The second kappa shape index (κ2) is 6.02. The summed E-state index contributed by atoms with van der Waals surface area (Å²) in [4.78, 5) is 17.8. The van der Waals surface area contributed by atoms with Crippen LogP contribution in [0.1, 0.15) is 11.9 Å². The first-order valence-electron chi connectivity index (χ1n) is 7.21. The summed E-state index contributed by atoms with van der Waals surface area (Å²) < 4.78 is 3.52. The third-order valence-electron chi connectivity index (χ3n) is 3.76. The number of hydrogen-bond acceptors (Lipinski definition) is 8. The zero-order valence-electron chi connectivity index (χ0n) is 12.1. The average Bonchev–Trinajstić information content (AvgIpc) is 3.29. The first-order valence-corrected chi connectivity index (χ1v) is 8.09. The van der Waals surface area contributed by atoms with Crippen LogP contribution in [-0.2, 0) is 11.2 Å². The molecule has 1 aliphatic heterocycles. The average molecular weight is 333 g/mol. The standard InChI is InChI=1S/C12H15N9OS/c22-11(9-5-14-17-10(9)21-7-15-18-19-21)13-2-1-8-6-20-3-4-23-12(20)16-8/h3-4,6-7,9-10,14,17H,1-2,5H2,(H,13,22). The summed E-state index contributed by atoms with van der Waals surface area (Å²) in [5, 5.41) is 16.0. The molecule has 0 radical (unpaired) electrons. The van der Waals surface area contributed by atoms with Crippen LogP contribution in [0, 0.1) is 5.92 Å². The molecule has 23 heavy (non-hydrogen) atoms. The molecule has 1 saturated heterocycles. The molecule has 10 nitrogen and oxygen atoms in total. The second-order valence-corrected chi connectivity index (χ2v) is 6.11. The maximum absolute atomic E-state index is 12.4. The lowest BCUT2D eigenvalue weighted by molar-refractivity contribution is -0.125. The first-order chi connectivity index (χ1) is 11.3. The number of rotatable bonds is 5. The zero-order chi connectivity index (χ0) is 15.6. The maximum atomic E-state index is 12.4. The fourth-order valence-corrected chi connectivity index (χ4v) is 3.33. The fourth-order valence-electron chi connectivity index (χ4n) is 2.61. The summed E-state index contributed by atoms with van der Waals surface area (Å²) in [7, 11) is 0. The molecule has 0 saturated carbocycles. The topological polar surface area (TPSA) is 114 Å². The summed E-state index contributed by atoms with van der Waals surface area (Å²) >= 11 is 1.59. The number of nitrogens with one attached hydrogen (secondary N) is 3. The van der Waals surface area contributed by atoms with E-state index in [-0.39, 0.29) is 18.0 Å². The van der Waals surface area contributed by atoms with Gasteiger partial charge in [-0.05, 0) is 10.4 Å². The lowest BCUT2D eigenvalue weighted by atomic mass is 10.1. The number of imidazole rings is 1. The Labute approximate surface area is 134 Å². The van der Waals surface area contributed by atoms with Crippen LogP contribution in [0.3, 0.4) is 0 Å². The van der Waals surface area contributed by atoms with Crippen molar-refractivity contribution in [2.24, 2.45) is 5.92 Å². The highest BCUT2D eigenvalue weighted by atomic mass is 32.1. The molecule has 0 aromatic carbocycles. The van der Waals surface area contributed by atoms with Crippen molar-refractivity contribution >= 4 is 22.2 Å². The lowest BCUT2D eigenvalue weighted by Crippen LogP contribution is -2.38. The van der Waals surface area contributed by atoms with Gasteiger partial charge in [0, 0.05) is 37.3 Å². The quantitative estimate of drug-likeness (QED) is 0.547. The van der Waals surface area contributed by atoms with Crippen LogP contribution >= 0.6 is 11.3 Å². The molecule has 11 heteroatoms. The molecule has 1 fully saturated rings. The van der Waals surface area contributed by atoms with Gasteiger partial charge in [0.05, 0.1) is 11.6 Å². The van der Waals surface area contributed by atoms with Crippen molar-refractivity contribution in [3.63, 3.8) is 0 Å². The molecule has 3 N–H and O–H groups in total. The fraction of sp³-hybridized carbons (Fsp3) is 0.417. The molecule has 3 aromatic heterocycles. The van der Waals surface area contributed by atoms with Crippen LogP contribution in [0.25, 0.3) is 4.96 Å². The minimum Gasteiger partial charge on any atom is -0.355 e. The highest BCUT2D eigenvalue weighted by Crippen LogP contribution is 2.17. The van der Waals surface area contributed by atoms with Crippen molar-refractivity contribution in [2.75, 3.05) is 13.1 Å². The van der Waals surface area contributed by atoms with E-state index in [1.54, 1.807) is 11.3 Å². The van der Waals surface area contributed by atoms with E-state index in [4.69, 9.17) is 0 Å². The Morgan fingerprint density at radius 2 is 2.48 bits per heavy atom. The molecule has 0 spiro atoms. The summed E-state index contributed by atoms with van der Waals surface area (Å²) in [6.45, 7) is 1.07. The van der Waals surface area contributed by atoms with Crippen molar-refractivity contribution in [3.8, 4) is 0 Å². The van der Waals surface area contributed by atoms with Crippen LogP contribution in [0.2, 0.25) is 0 Å². The van der Waals surface area contributed by atoms with Gasteiger partial charge in [-0.2, -0.15) is 0 Å². The van der Waals surface area contributed by atoms with E-state index >= 15 is 0 Å². The molecule has 2 atom stereocenters. The van der Waals surface area contributed by atoms with E-state index in [2.05, 4.69) is 36.7 Å². The predicted molar refractivity (Wildman–Crippen MR) is 81.3 cm³/mol. The molecule has 2 unspecified atom stereocenters. The van der Waals surface area contributed by atoms with E-state index < -0.39 is 0 Å². The number of nitrogens with zero attached hydrogens (tertiary/aromatic N) is 6. The maximum Gasteiger partial charge on any atom is 0.228 e. The minimum absolute atomic E-state index is 0.0379. The molecular weight excluding hydrogens is 318 g/mol. The van der Waals surface area contributed by atoms with Gasteiger partial charge in [0.2, 0.25) is 5.91 Å². The Balaban J connectivity index is 1.33. The molecule has 0 aliphatic carbocycles. The highest BCUT2D eigenvalue weighted by Gasteiger charge is 2.34. The van der Waals surface area contributed by atoms with Gasteiger partial charge in [-0.15, -0.1) is 16.4 Å². The number of amides is 1. The number of hydrogen-bond donors (Lipinski definition) is 3. The normalized spacial score (nSPS) is 21.0. The molecule has 120 valence electrons. The van der Waals surface area contributed by atoms with E-state index in [9.17, 15) is 4.79 Å². The minimum atomic E-state index is -0.289. The molecule has 1 aliphatic rings. The summed E-state index contributed by atoms with van der Waals surface area (Å²) in [5.41, 5.74) is 6.95. The molecule has 3 aromatic rings. The van der Waals surface area contributed by atoms with Crippen molar-refractivity contribution in [1.29, 1.82) is 0 Å². The van der Waals surface area contributed by atoms with Crippen LogP contribution in [0.15, 0.2) is 24.1 Å². The number of carbonyl (C=O) groups excluding carboxylic acids is 1. The van der Waals surface area contributed by atoms with Gasteiger partial charge in [-0.25, -0.2) is 15.1 Å². The second-order valence-electron chi connectivity index (χ2n) is 5.23. The van der Waals surface area contributed by atoms with E-state index in [1.807, 2.05) is 22.2 Å². The summed E-state index contributed by atoms with van der Waals surface area (Å²) in [6.07, 6.45) is 5.86. The van der Waals surface area contributed by atoms with Crippen LogP contribution in [-0.4, -0.2) is 48.6 Å². The third kappa shape index (κ3) is 2.81. The Hall–Kier alpha value is -2.37. The van der Waals surface area contributed by atoms with E-state index in [0.29, 0.717) is 19.5 Å². The number of thiazole rings is 1. The molecule has 4 rings (SSSR count). The number of hydrazine groups is 1. The molecule has 4 heterocycles. The smallest absolute Gasteiger partial charge is 0.228 e. The van der Waals surface area contributed by atoms with E-state index in [0.717, 1.165) is 10.7 Å². The summed E-state index contributed by atoms with van der Waals surface area (Å²) in [6, 6.07) is 0. The lowest BCUT2D eigenvalue weighted by Gasteiger charge is -2.17. The monoisotopic (exact) mass is 333 g/mol. The third-order valence-corrected chi connectivity index (χ3v) is 4.53. The first kappa shape index (κ1) is 14.2. The van der Waals surface area contributed by atoms with Crippen LogP contribution in [0.5, 0.6) is 0 Å². The van der Waals surface area contributed by atoms with Gasteiger partial charge in [0.1, 0.15) is 12.5 Å². The van der Waals surface area contributed by atoms with Crippen LogP contribution in [0.4, 0.5) is 0 Å². The number of tetrazole rings is 1. The van der Waals surface area contributed by atoms with Crippen LogP contribution < -0.4 is 16.2 Å². The van der Waals surface area contributed by atoms with Gasteiger partial charge >= 0.3 is 0 Å². The Kier molecular flexibility index (Phi) is 3.73. The predicted octanol–water partition coefficient (Wildman–Crippen LogP) is -1.04. The molecule has 0 bridgehead atoms. The van der Waals surface area contributed by atoms with Gasteiger partial charge in [-0.3, -0.25) is 14.6 Å². The molecule has 1 amide bonds. The van der Waals surface area contributed by atoms with Gasteiger partial charge in [-0.1, -0.05) is 0 Å². The van der Waals surface area contributed by atoms with Crippen molar-refractivity contribution < 1.29 is 4.79 Å². The summed E-state index contributed by atoms with van der Waals surface area (Å²) in [5.74, 6) is -0.312. The SMILES string of the molecule is O=C(NCCc1cn2ccsc2n1)C1CNNC1n1cnnn1. The van der Waals surface area contributed by atoms with Gasteiger partial charge < -0.3 is 5.32 Å². The van der Waals surface area contributed by atoms with Crippen molar-refractivity contribution in [1.82, 2.24) is 45.8 Å². The van der Waals surface area contributed by atoms with Gasteiger partial charge in [0.15, 0.2) is 4.96 Å². The van der Waals surface area contributed by atoms with Gasteiger partial charge in [0.25, 0.3) is 0 Å². The Morgan fingerprint density at radius 1 is 1.52 bits per heavy atom. The Bertz CT molecular complexity index is 766. The number of aromatic nitrogens is 6. The Morgan fingerprint density at radius 3 is 3.30 bits per heavy atom. The highest BCUT2D eigenvalue weighted by molar-refractivity contribution is 7.15. The largest absolute Gasteiger partial charge is 0.355 e. The zero-order valence-corrected chi connectivity index (χ0v) is 12.9. The number of fused-ring (bicyclic) bond motifs is 1. The number of carbonyl (C=O) groups is 1. The van der Waals surface area contributed by atoms with Crippen molar-refractivity contribution in [3.05, 3.63) is 29.8 Å². The van der Waals surface area contributed by atoms with Crippen molar-refractivity contribution in [2.45, 2.75) is 12.6 Å².